The predicted molar refractivity (Wildman–Crippen MR) is 102 cm³/mol. The number of likely N-dealkylation sites (tertiary alicyclic amines) is 1. The van der Waals surface area contributed by atoms with Gasteiger partial charge in [0.2, 0.25) is 0 Å². The number of pyridine rings is 1. The van der Waals surface area contributed by atoms with Crippen molar-refractivity contribution in [2.45, 2.75) is 26.4 Å². The van der Waals surface area contributed by atoms with E-state index in [0.29, 0.717) is 0 Å². The Hall–Kier alpha value is -1.91. The van der Waals surface area contributed by atoms with E-state index >= 15 is 0 Å². The molecule has 0 N–H and O–H groups in total. The van der Waals surface area contributed by atoms with Crippen molar-refractivity contribution in [1.29, 1.82) is 0 Å². The monoisotopic (exact) mass is 339 g/mol. The highest BCUT2D eigenvalue weighted by Gasteiger charge is 2.23. The lowest BCUT2D eigenvalue weighted by molar-refractivity contribution is 0.254. The fraction of sp³-hybridized carbons (Fsp3) is 0.476. The molecule has 1 aromatic heterocycles. The predicted octanol–water partition coefficient (Wildman–Crippen LogP) is 3.43. The Morgan fingerprint density at radius 1 is 1.20 bits per heavy atom. The Morgan fingerprint density at radius 2 is 2.04 bits per heavy atom. The van der Waals surface area contributed by atoms with Gasteiger partial charge in [-0.2, -0.15) is 0 Å². The molecule has 0 amide bonds. The summed E-state index contributed by atoms with van der Waals surface area (Å²) in [5.41, 5.74) is 2.65. The molecule has 4 heteroatoms. The van der Waals surface area contributed by atoms with Gasteiger partial charge in [0, 0.05) is 38.6 Å². The third kappa shape index (κ3) is 5.55. The summed E-state index contributed by atoms with van der Waals surface area (Å²) in [4.78, 5) is 9.19. The molecule has 4 nitrogen and oxygen atoms in total. The van der Waals surface area contributed by atoms with E-state index in [0.717, 1.165) is 37.9 Å². The summed E-state index contributed by atoms with van der Waals surface area (Å²) in [6.07, 6.45) is 5.08. The molecule has 0 aliphatic carbocycles. The number of aromatic nitrogens is 1. The average molecular weight is 339 g/mol. The van der Waals surface area contributed by atoms with E-state index in [-0.39, 0.29) is 0 Å². The van der Waals surface area contributed by atoms with Crippen molar-refractivity contribution < 1.29 is 4.74 Å². The molecule has 0 saturated carbocycles. The van der Waals surface area contributed by atoms with Gasteiger partial charge in [-0.3, -0.25) is 9.88 Å². The Kier molecular flexibility index (Phi) is 6.42. The molecule has 2 heterocycles. The number of hydrogen-bond acceptors (Lipinski definition) is 4. The van der Waals surface area contributed by atoms with Crippen molar-refractivity contribution in [3.8, 4) is 5.75 Å². The second-order valence-electron chi connectivity index (χ2n) is 7.02. The van der Waals surface area contributed by atoms with Crippen molar-refractivity contribution >= 4 is 0 Å². The molecule has 0 spiro atoms. The largest absolute Gasteiger partial charge is 0.494 e. The summed E-state index contributed by atoms with van der Waals surface area (Å²) in [5.74, 6) is 1.71. The molecule has 0 radical (unpaired) electrons. The number of hydrogen-bond donors (Lipinski definition) is 0. The van der Waals surface area contributed by atoms with Gasteiger partial charge in [-0.25, -0.2) is 0 Å². The molecular weight excluding hydrogens is 310 g/mol. The van der Waals surface area contributed by atoms with Crippen LogP contribution in [0.15, 0.2) is 48.8 Å². The summed E-state index contributed by atoms with van der Waals surface area (Å²) in [6, 6.07) is 12.7. The van der Waals surface area contributed by atoms with Crippen LogP contribution in [-0.4, -0.2) is 48.1 Å². The van der Waals surface area contributed by atoms with E-state index < -0.39 is 0 Å². The highest BCUT2D eigenvalue weighted by molar-refractivity contribution is 5.27. The van der Waals surface area contributed by atoms with Gasteiger partial charge in [0.05, 0.1) is 6.61 Å². The van der Waals surface area contributed by atoms with Crippen LogP contribution in [0.25, 0.3) is 0 Å². The first-order chi connectivity index (χ1) is 12.2. The van der Waals surface area contributed by atoms with Crippen LogP contribution in [0.3, 0.4) is 0 Å². The van der Waals surface area contributed by atoms with E-state index in [1.807, 2.05) is 25.4 Å². The first-order valence-electron chi connectivity index (χ1n) is 9.24. The minimum atomic E-state index is 0.722. The number of nitrogens with zero attached hydrogens (tertiary/aromatic N) is 3. The number of benzene rings is 1. The van der Waals surface area contributed by atoms with Gasteiger partial charge in [0.25, 0.3) is 0 Å². The molecule has 0 bridgehead atoms. The fourth-order valence-electron chi connectivity index (χ4n) is 3.63. The van der Waals surface area contributed by atoms with Crippen LogP contribution >= 0.6 is 0 Å². The summed E-state index contributed by atoms with van der Waals surface area (Å²) in [5, 5.41) is 0. The van der Waals surface area contributed by atoms with Crippen molar-refractivity contribution in [3.63, 3.8) is 0 Å². The van der Waals surface area contributed by atoms with Gasteiger partial charge in [0.15, 0.2) is 0 Å². The third-order valence-electron chi connectivity index (χ3n) is 4.76. The number of rotatable bonds is 8. The molecule has 1 aliphatic rings. The molecule has 3 rings (SSSR count). The van der Waals surface area contributed by atoms with Crippen LogP contribution in [0.5, 0.6) is 5.75 Å². The van der Waals surface area contributed by atoms with E-state index in [1.165, 1.54) is 30.6 Å². The molecule has 1 fully saturated rings. The highest BCUT2D eigenvalue weighted by atomic mass is 16.5. The zero-order chi connectivity index (χ0) is 17.5. The van der Waals surface area contributed by atoms with Gasteiger partial charge >= 0.3 is 0 Å². The Balaban J connectivity index is 1.43. The first kappa shape index (κ1) is 17.9. The maximum atomic E-state index is 5.52. The topological polar surface area (TPSA) is 28.6 Å². The van der Waals surface area contributed by atoms with Gasteiger partial charge in [-0.05, 0) is 62.2 Å². The van der Waals surface area contributed by atoms with Crippen LogP contribution in [0.2, 0.25) is 0 Å². The van der Waals surface area contributed by atoms with Crippen LogP contribution in [-0.2, 0) is 13.1 Å². The molecule has 1 aromatic carbocycles. The minimum absolute atomic E-state index is 0.722. The van der Waals surface area contributed by atoms with Crippen LogP contribution in [0, 0.1) is 5.92 Å². The van der Waals surface area contributed by atoms with Crippen molar-refractivity contribution in [3.05, 3.63) is 59.9 Å². The molecule has 25 heavy (non-hydrogen) atoms. The second-order valence-corrected chi connectivity index (χ2v) is 7.02. The van der Waals surface area contributed by atoms with E-state index in [9.17, 15) is 0 Å². The zero-order valence-electron chi connectivity index (χ0n) is 15.4. The molecule has 1 aliphatic heterocycles. The van der Waals surface area contributed by atoms with Crippen molar-refractivity contribution in [1.82, 2.24) is 14.8 Å². The molecule has 1 saturated heterocycles. The smallest absolute Gasteiger partial charge is 0.119 e. The molecule has 2 aromatic rings. The Labute approximate surface area is 151 Å². The van der Waals surface area contributed by atoms with E-state index in [1.54, 1.807) is 0 Å². The summed E-state index contributed by atoms with van der Waals surface area (Å²) in [7, 11) is 2.21. The van der Waals surface area contributed by atoms with Crippen molar-refractivity contribution in [2.24, 2.45) is 5.92 Å². The maximum absolute atomic E-state index is 5.52. The lowest BCUT2D eigenvalue weighted by Gasteiger charge is -2.21. The normalized spacial score (nSPS) is 18.0. The Bertz CT molecular complexity index is 629. The summed E-state index contributed by atoms with van der Waals surface area (Å²) < 4.78 is 5.52. The molecule has 1 atom stereocenters. The second kappa shape index (κ2) is 8.97. The summed E-state index contributed by atoms with van der Waals surface area (Å²) >= 11 is 0. The molecule has 0 unspecified atom stereocenters. The van der Waals surface area contributed by atoms with Crippen LogP contribution in [0.4, 0.5) is 0 Å². The molecule has 134 valence electrons. The summed E-state index contributed by atoms with van der Waals surface area (Å²) in [6.45, 7) is 8.28. The first-order valence-corrected chi connectivity index (χ1v) is 9.24. The minimum Gasteiger partial charge on any atom is -0.494 e. The maximum Gasteiger partial charge on any atom is 0.119 e. The lowest BCUT2D eigenvalue weighted by atomic mass is 10.1. The quantitative estimate of drug-likeness (QED) is 0.737. The molecular formula is C21H29N3O. The van der Waals surface area contributed by atoms with Crippen LogP contribution < -0.4 is 4.74 Å². The van der Waals surface area contributed by atoms with Crippen LogP contribution in [0.1, 0.15) is 24.5 Å². The zero-order valence-corrected chi connectivity index (χ0v) is 15.4. The third-order valence-corrected chi connectivity index (χ3v) is 4.76. The standard InChI is InChI=1S/C21H29N3O/c1-3-25-21-8-6-18(7-9-21)16-24-12-10-20(17-24)15-23(2)14-19-5-4-11-22-13-19/h4-9,11,13,20H,3,10,12,14-17H2,1-2H3/t20-/m0/s1. The SMILES string of the molecule is CCOc1ccc(CN2CC[C@@H](CN(C)Cc3cccnc3)C2)cc1. The van der Waals surface area contributed by atoms with Gasteiger partial charge in [-0.1, -0.05) is 18.2 Å². The number of ether oxygens (including phenoxy) is 1. The van der Waals surface area contributed by atoms with E-state index in [2.05, 4.69) is 52.2 Å². The lowest BCUT2D eigenvalue weighted by Crippen LogP contribution is -2.28. The average Bonchev–Trinajstić information content (AvgIpc) is 3.04. The highest BCUT2D eigenvalue weighted by Crippen LogP contribution is 2.21. The van der Waals surface area contributed by atoms with E-state index in [4.69, 9.17) is 4.74 Å². The van der Waals surface area contributed by atoms with Crippen molar-refractivity contribution in [2.75, 3.05) is 33.3 Å². The van der Waals surface area contributed by atoms with Gasteiger partial charge in [-0.15, -0.1) is 0 Å². The Morgan fingerprint density at radius 3 is 2.76 bits per heavy atom. The fourth-order valence-corrected chi connectivity index (χ4v) is 3.63. The van der Waals surface area contributed by atoms with Gasteiger partial charge < -0.3 is 9.64 Å². The van der Waals surface area contributed by atoms with Gasteiger partial charge in [0.1, 0.15) is 5.75 Å².